The van der Waals surface area contributed by atoms with E-state index in [0.717, 1.165) is 24.5 Å². The monoisotopic (exact) mass is 241 g/mol. The maximum atomic E-state index is 4.19. The summed E-state index contributed by atoms with van der Waals surface area (Å²) < 4.78 is 0. The number of anilines is 2. The number of hydrogen-bond acceptors (Lipinski definition) is 3. The molecular weight excluding hydrogens is 222 g/mol. The van der Waals surface area contributed by atoms with Crippen molar-refractivity contribution in [3.05, 3.63) is 53.7 Å². The topological polar surface area (TPSA) is 37.0 Å². The summed E-state index contributed by atoms with van der Waals surface area (Å²) >= 11 is 0. The Bertz CT molecular complexity index is 509. The van der Waals surface area contributed by atoms with Crippen molar-refractivity contribution in [2.75, 3.05) is 24.2 Å². The van der Waals surface area contributed by atoms with E-state index in [9.17, 15) is 0 Å². The first-order valence-electron chi connectivity index (χ1n) is 6.22. The average Bonchev–Trinajstić information content (AvgIpc) is 2.41. The number of benzene rings is 1. The standard InChI is InChI=1S/C15H19N3/c1-12-5-3-4-6-13(12)7-9-17-14-8-10-18-15(11-14)16-2/h3-6,8,10-11H,7,9H2,1-2H3,(H2,16,17,18). The predicted octanol–water partition coefficient (Wildman–Crippen LogP) is 3.09. The fraction of sp³-hybridized carbons (Fsp3) is 0.267. The van der Waals surface area contributed by atoms with E-state index >= 15 is 0 Å². The molecule has 18 heavy (non-hydrogen) atoms. The maximum absolute atomic E-state index is 4.19. The summed E-state index contributed by atoms with van der Waals surface area (Å²) in [4.78, 5) is 4.19. The molecule has 3 heteroatoms. The van der Waals surface area contributed by atoms with Gasteiger partial charge in [0, 0.05) is 31.5 Å². The van der Waals surface area contributed by atoms with Crippen LogP contribution in [0.4, 0.5) is 11.5 Å². The Balaban J connectivity index is 1.90. The van der Waals surface area contributed by atoms with Crippen LogP contribution in [-0.4, -0.2) is 18.6 Å². The zero-order valence-electron chi connectivity index (χ0n) is 10.9. The van der Waals surface area contributed by atoms with Crippen LogP contribution in [0.3, 0.4) is 0 Å². The second kappa shape index (κ2) is 6.05. The highest BCUT2D eigenvalue weighted by molar-refractivity contribution is 5.51. The molecule has 0 unspecified atom stereocenters. The SMILES string of the molecule is CNc1cc(NCCc2ccccc2C)ccn1. The van der Waals surface area contributed by atoms with Crippen molar-refractivity contribution >= 4 is 11.5 Å². The highest BCUT2D eigenvalue weighted by atomic mass is 15.0. The molecule has 2 aromatic rings. The smallest absolute Gasteiger partial charge is 0.127 e. The molecule has 0 spiro atoms. The first-order chi connectivity index (χ1) is 8.79. The third kappa shape index (κ3) is 3.23. The van der Waals surface area contributed by atoms with Crippen LogP contribution in [0.1, 0.15) is 11.1 Å². The molecule has 0 atom stereocenters. The van der Waals surface area contributed by atoms with Crippen LogP contribution in [0.15, 0.2) is 42.6 Å². The van der Waals surface area contributed by atoms with E-state index in [2.05, 4.69) is 46.8 Å². The van der Waals surface area contributed by atoms with Crippen LogP contribution in [0.25, 0.3) is 0 Å². The van der Waals surface area contributed by atoms with Crippen molar-refractivity contribution in [3.8, 4) is 0 Å². The van der Waals surface area contributed by atoms with Gasteiger partial charge in [0.1, 0.15) is 5.82 Å². The van der Waals surface area contributed by atoms with Gasteiger partial charge in [0.05, 0.1) is 0 Å². The van der Waals surface area contributed by atoms with Crippen molar-refractivity contribution < 1.29 is 0 Å². The van der Waals surface area contributed by atoms with E-state index < -0.39 is 0 Å². The van der Waals surface area contributed by atoms with E-state index in [4.69, 9.17) is 0 Å². The van der Waals surface area contributed by atoms with Crippen molar-refractivity contribution in [1.82, 2.24) is 4.98 Å². The van der Waals surface area contributed by atoms with Crippen molar-refractivity contribution in [2.45, 2.75) is 13.3 Å². The minimum absolute atomic E-state index is 0.885. The van der Waals surface area contributed by atoms with Gasteiger partial charge >= 0.3 is 0 Å². The van der Waals surface area contributed by atoms with Gasteiger partial charge in [0.25, 0.3) is 0 Å². The van der Waals surface area contributed by atoms with Crippen molar-refractivity contribution in [3.63, 3.8) is 0 Å². The Morgan fingerprint density at radius 3 is 2.78 bits per heavy atom. The molecule has 1 aromatic carbocycles. The Labute approximate surface area is 108 Å². The predicted molar refractivity (Wildman–Crippen MR) is 77.2 cm³/mol. The molecule has 0 radical (unpaired) electrons. The molecule has 0 fully saturated rings. The molecule has 0 amide bonds. The lowest BCUT2D eigenvalue weighted by atomic mass is 10.1. The molecule has 0 saturated heterocycles. The zero-order chi connectivity index (χ0) is 12.8. The lowest BCUT2D eigenvalue weighted by molar-refractivity contribution is 1.00. The third-order valence-corrected chi connectivity index (χ3v) is 3.00. The summed E-state index contributed by atoms with van der Waals surface area (Å²) in [5.74, 6) is 0.885. The molecule has 0 aliphatic rings. The molecule has 0 bridgehead atoms. The van der Waals surface area contributed by atoms with E-state index in [-0.39, 0.29) is 0 Å². The van der Waals surface area contributed by atoms with Gasteiger partial charge in [-0.1, -0.05) is 24.3 Å². The van der Waals surface area contributed by atoms with Crippen molar-refractivity contribution in [1.29, 1.82) is 0 Å². The zero-order valence-corrected chi connectivity index (χ0v) is 10.9. The van der Waals surface area contributed by atoms with Gasteiger partial charge in [-0.3, -0.25) is 0 Å². The molecule has 0 saturated carbocycles. The van der Waals surface area contributed by atoms with Gasteiger partial charge in [-0.05, 0) is 30.5 Å². The maximum Gasteiger partial charge on any atom is 0.127 e. The molecule has 94 valence electrons. The molecule has 0 aliphatic carbocycles. The Hall–Kier alpha value is -2.03. The number of aromatic nitrogens is 1. The largest absolute Gasteiger partial charge is 0.385 e. The lowest BCUT2D eigenvalue weighted by Gasteiger charge is -2.09. The van der Waals surface area contributed by atoms with E-state index in [1.807, 2.05) is 25.4 Å². The van der Waals surface area contributed by atoms with Crippen LogP contribution >= 0.6 is 0 Å². The number of nitrogens with one attached hydrogen (secondary N) is 2. The van der Waals surface area contributed by atoms with Crippen LogP contribution in [0, 0.1) is 6.92 Å². The lowest BCUT2D eigenvalue weighted by Crippen LogP contribution is -2.06. The van der Waals surface area contributed by atoms with Crippen LogP contribution < -0.4 is 10.6 Å². The normalized spacial score (nSPS) is 10.1. The molecule has 2 rings (SSSR count). The average molecular weight is 241 g/mol. The van der Waals surface area contributed by atoms with E-state index in [1.54, 1.807) is 0 Å². The second-order valence-electron chi connectivity index (χ2n) is 4.28. The minimum atomic E-state index is 0.885. The molecule has 2 N–H and O–H groups in total. The highest BCUT2D eigenvalue weighted by Crippen LogP contribution is 2.12. The summed E-state index contributed by atoms with van der Waals surface area (Å²) in [7, 11) is 1.87. The fourth-order valence-corrected chi connectivity index (χ4v) is 1.91. The Morgan fingerprint density at radius 2 is 2.00 bits per heavy atom. The third-order valence-electron chi connectivity index (χ3n) is 3.00. The highest BCUT2D eigenvalue weighted by Gasteiger charge is 1.98. The molecular formula is C15H19N3. The fourth-order valence-electron chi connectivity index (χ4n) is 1.91. The molecule has 1 heterocycles. The Morgan fingerprint density at radius 1 is 1.17 bits per heavy atom. The number of aryl methyl sites for hydroxylation is 1. The van der Waals surface area contributed by atoms with E-state index in [0.29, 0.717) is 0 Å². The number of rotatable bonds is 5. The number of hydrogen-bond donors (Lipinski definition) is 2. The Kier molecular flexibility index (Phi) is 4.18. The van der Waals surface area contributed by atoms with Crippen LogP contribution in [0.5, 0.6) is 0 Å². The van der Waals surface area contributed by atoms with Gasteiger partial charge in [-0.25, -0.2) is 4.98 Å². The van der Waals surface area contributed by atoms with Gasteiger partial charge in [-0.2, -0.15) is 0 Å². The molecule has 1 aromatic heterocycles. The summed E-state index contributed by atoms with van der Waals surface area (Å²) in [6.07, 6.45) is 2.84. The quantitative estimate of drug-likeness (QED) is 0.844. The van der Waals surface area contributed by atoms with E-state index in [1.165, 1.54) is 11.1 Å². The number of nitrogens with zero attached hydrogens (tertiary/aromatic N) is 1. The summed E-state index contributed by atoms with van der Waals surface area (Å²) in [5.41, 5.74) is 3.85. The van der Waals surface area contributed by atoms with Gasteiger partial charge in [-0.15, -0.1) is 0 Å². The number of pyridine rings is 1. The first-order valence-corrected chi connectivity index (χ1v) is 6.22. The molecule has 3 nitrogen and oxygen atoms in total. The minimum Gasteiger partial charge on any atom is -0.385 e. The first kappa shape index (κ1) is 12.4. The summed E-state index contributed by atoms with van der Waals surface area (Å²) in [6.45, 7) is 3.08. The summed E-state index contributed by atoms with van der Waals surface area (Å²) in [6, 6.07) is 12.5. The molecule has 0 aliphatic heterocycles. The summed E-state index contributed by atoms with van der Waals surface area (Å²) in [5, 5.41) is 6.45. The van der Waals surface area contributed by atoms with Gasteiger partial charge < -0.3 is 10.6 Å². The van der Waals surface area contributed by atoms with Gasteiger partial charge in [0.15, 0.2) is 0 Å². The van der Waals surface area contributed by atoms with Gasteiger partial charge in [0.2, 0.25) is 0 Å². The van der Waals surface area contributed by atoms with Crippen LogP contribution in [0.2, 0.25) is 0 Å². The van der Waals surface area contributed by atoms with Crippen LogP contribution in [-0.2, 0) is 6.42 Å². The van der Waals surface area contributed by atoms with Crippen molar-refractivity contribution in [2.24, 2.45) is 0 Å². The second-order valence-corrected chi connectivity index (χ2v) is 4.28.